The molecule has 0 amide bonds. The maximum Gasteiger partial charge on any atom is 0.0217 e. The topological polar surface area (TPSA) is 15.3 Å². The van der Waals surface area contributed by atoms with Crippen LogP contribution < -0.4 is 5.32 Å². The molecule has 1 aliphatic carbocycles. The Morgan fingerprint density at radius 3 is 3.00 bits per heavy atom. The summed E-state index contributed by atoms with van der Waals surface area (Å²) in [7, 11) is 0. The fourth-order valence-corrected chi connectivity index (χ4v) is 2.94. The first-order valence-corrected chi connectivity index (χ1v) is 7.39. The number of hydrogen-bond donors (Lipinski definition) is 1. The molecule has 2 nitrogen and oxygen atoms in total. The van der Waals surface area contributed by atoms with Crippen molar-refractivity contribution in [3.8, 4) is 0 Å². The van der Waals surface area contributed by atoms with Gasteiger partial charge in [-0.2, -0.15) is 0 Å². The van der Waals surface area contributed by atoms with Crippen LogP contribution in [0.1, 0.15) is 46.0 Å². The van der Waals surface area contributed by atoms with Crippen LogP contribution in [0.4, 0.5) is 0 Å². The molecule has 1 fully saturated rings. The zero-order valence-corrected chi connectivity index (χ0v) is 11.5. The molecule has 1 saturated heterocycles. The highest BCUT2D eigenvalue weighted by atomic mass is 15.2. The normalized spacial score (nSPS) is 27.2. The summed E-state index contributed by atoms with van der Waals surface area (Å²) in [5.41, 5.74) is 1.71. The van der Waals surface area contributed by atoms with E-state index < -0.39 is 0 Å². The van der Waals surface area contributed by atoms with Crippen LogP contribution in [-0.2, 0) is 0 Å². The summed E-state index contributed by atoms with van der Waals surface area (Å²) in [6.45, 7) is 9.66. The lowest BCUT2D eigenvalue weighted by molar-refractivity contribution is 0.248. The smallest absolute Gasteiger partial charge is 0.0217 e. The van der Waals surface area contributed by atoms with Gasteiger partial charge in [0, 0.05) is 19.1 Å². The highest BCUT2D eigenvalue weighted by Crippen LogP contribution is 2.21. The van der Waals surface area contributed by atoms with Crippen molar-refractivity contribution in [1.82, 2.24) is 10.2 Å². The predicted molar refractivity (Wildman–Crippen MR) is 74.2 cm³/mol. The van der Waals surface area contributed by atoms with E-state index in [1.54, 1.807) is 5.57 Å². The van der Waals surface area contributed by atoms with Gasteiger partial charge in [-0.1, -0.05) is 25.5 Å². The van der Waals surface area contributed by atoms with E-state index in [1.165, 1.54) is 58.3 Å². The summed E-state index contributed by atoms with van der Waals surface area (Å²) in [4.78, 5) is 2.67. The molecule has 0 bridgehead atoms. The van der Waals surface area contributed by atoms with Gasteiger partial charge in [0.25, 0.3) is 0 Å². The van der Waals surface area contributed by atoms with Gasteiger partial charge in [0.05, 0.1) is 0 Å². The van der Waals surface area contributed by atoms with Gasteiger partial charge >= 0.3 is 0 Å². The SMILES string of the molecule is CC(C)C1CN(CCC2=CCCC2)CCCN1. The molecule has 1 heterocycles. The lowest BCUT2D eigenvalue weighted by Crippen LogP contribution is -2.41. The van der Waals surface area contributed by atoms with Crippen molar-refractivity contribution in [2.24, 2.45) is 5.92 Å². The molecule has 2 rings (SSSR count). The first kappa shape index (κ1) is 13.1. The molecule has 0 saturated carbocycles. The Kier molecular flexibility index (Phi) is 5.05. The van der Waals surface area contributed by atoms with E-state index in [1.807, 2.05) is 0 Å². The first-order valence-electron chi connectivity index (χ1n) is 7.39. The average Bonchev–Trinajstić information content (AvgIpc) is 2.70. The van der Waals surface area contributed by atoms with E-state index in [9.17, 15) is 0 Å². The zero-order valence-electron chi connectivity index (χ0n) is 11.5. The Bertz CT molecular complexity index is 258. The highest BCUT2D eigenvalue weighted by molar-refractivity contribution is 5.07. The number of allylic oxidation sites excluding steroid dienone is 1. The molecule has 17 heavy (non-hydrogen) atoms. The molecule has 98 valence electrons. The van der Waals surface area contributed by atoms with E-state index in [4.69, 9.17) is 0 Å². The van der Waals surface area contributed by atoms with Crippen molar-refractivity contribution in [1.29, 1.82) is 0 Å². The van der Waals surface area contributed by atoms with Gasteiger partial charge in [-0.05, 0) is 51.1 Å². The molecule has 1 aliphatic heterocycles. The summed E-state index contributed by atoms with van der Waals surface area (Å²) < 4.78 is 0. The van der Waals surface area contributed by atoms with Crippen molar-refractivity contribution in [2.45, 2.75) is 52.0 Å². The summed E-state index contributed by atoms with van der Waals surface area (Å²) >= 11 is 0. The van der Waals surface area contributed by atoms with E-state index >= 15 is 0 Å². The van der Waals surface area contributed by atoms with Gasteiger partial charge in [-0.25, -0.2) is 0 Å². The lowest BCUT2D eigenvalue weighted by atomic mass is 10.0. The third kappa shape index (κ3) is 4.11. The van der Waals surface area contributed by atoms with Crippen molar-refractivity contribution in [2.75, 3.05) is 26.2 Å². The van der Waals surface area contributed by atoms with Gasteiger partial charge in [0.2, 0.25) is 0 Å². The molecular weight excluding hydrogens is 208 g/mol. The zero-order chi connectivity index (χ0) is 12.1. The third-order valence-electron chi connectivity index (χ3n) is 4.20. The molecule has 0 aromatic rings. The van der Waals surface area contributed by atoms with E-state index in [0.29, 0.717) is 6.04 Å². The highest BCUT2D eigenvalue weighted by Gasteiger charge is 2.20. The maximum atomic E-state index is 3.68. The predicted octanol–water partition coefficient (Wildman–Crippen LogP) is 2.81. The van der Waals surface area contributed by atoms with Gasteiger partial charge in [0.1, 0.15) is 0 Å². The van der Waals surface area contributed by atoms with Crippen LogP contribution in [0.5, 0.6) is 0 Å². The fourth-order valence-electron chi connectivity index (χ4n) is 2.94. The number of hydrogen-bond acceptors (Lipinski definition) is 2. The summed E-state index contributed by atoms with van der Waals surface area (Å²) in [6, 6.07) is 0.690. The molecule has 2 aliphatic rings. The Morgan fingerprint density at radius 2 is 2.29 bits per heavy atom. The van der Waals surface area contributed by atoms with Gasteiger partial charge < -0.3 is 10.2 Å². The second-order valence-electron chi connectivity index (χ2n) is 5.96. The van der Waals surface area contributed by atoms with Crippen LogP contribution in [-0.4, -0.2) is 37.1 Å². The van der Waals surface area contributed by atoms with Crippen LogP contribution in [0.2, 0.25) is 0 Å². The second kappa shape index (κ2) is 6.55. The minimum atomic E-state index is 0.690. The van der Waals surface area contributed by atoms with Crippen LogP contribution in [0.15, 0.2) is 11.6 Å². The quantitative estimate of drug-likeness (QED) is 0.755. The van der Waals surface area contributed by atoms with Gasteiger partial charge in [-0.3, -0.25) is 0 Å². The molecular formula is C15H28N2. The van der Waals surface area contributed by atoms with Crippen LogP contribution >= 0.6 is 0 Å². The Labute approximate surface area is 106 Å². The molecule has 2 heteroatoms. The van der Waals surface area contributed by atoms with E-state index in [0.717, 1.165) is 5.92 Å². The number of nitrogens with zero attached hydrogens (tertiary/aromatic N) is 1. The van der Waals surface area contributed by atoms with E-state index in [2.05, 4.69) is 30.1 Å². The minimum absolute atomic E-state index is 0.690. The van der Waals surface area contributed by atoms with Crippen LogP contribution in [0.25, 0.3) is 0 Å². The van der Waals surface area contributed by atoms with Crippen molar-refractivity contribution in [3.63, 3.8) is 0 Å². The monoisotopic (exact) mass is 236 g/mol. The largest absolute Gasteiger partial charge is 0.312 e. The summed E-state index contributed by atoms with van der Waals surface area (Å²) in [5.74, 6) is 0.751. The molecule has 0 spiro atoms. The van der Waals surface area contributed by atoms with Crippen molar-refractivity contribution >= 4 is 0 Å². The molecule has 0 aromatic carbocycles. The minimum Gasteiger partial charge on any atom is -0.312 e. The van der Waals surface area contributed by atoms with E-state index in [-0.39, 0.29) is 0 Å². The number of nitrogens with one attached hydrogen (secondary N) is 1. The Balaban J connectivity index is 1.77. The lowest BCUT2D eigenvalue weighted by Gasteiger charge is -2.26. The Hall–Kier alpha value is -0.340. The second-order valence-corrected chi connectivity index (χ2v) is 5.96. The third-order valence-corrected chi connectivity index (χ3v) is 4.20. The van der Waals surface area contributed by atoms with Gasteiger partial charge in [-0.15, -0.1) is 0 Å². The molecule has 0 radical (unpaired) electrons. The summed E-state index contributed by atoms with van der Waals surface area (Å²) in [6.07, 6.45) is 9.17. The summed E-state index contributed by atoms with van der Waals surface area (Å²) in [5, 5.41) is 3.68. The molecule has 1 atom stereocenters. The van der Waals surface area contributed by atoms with Crippen molar-refractivity contribution in [3.05, 3.63) is 11.6 Å². The average molecular weight is 236 g/mol. The maximum absolute atomic E-state index is 3.68. The van der Waals surface area contributed by atoms with Crippen LogP contribution in [0, 0.1) is 5.92 Å². The molecule has 1 unspecified atom stereocenters. The first-order chi connectivity index (χ1) is 8.25. The number of rotatable bonds is 4. The van der Waals surface area contributed by atoms with Crippen LogP contribution in [0.3, 0.4) is 0 Å². The standard InChI is InChI=1S/C15H28N2/c1-13(2)15-12-17(10-5-9-16-15)11-8-14-6-3-4-7-14/h6,13,15-16H,3-5,7-12H2,1-2H3. The molecule has 0 aromatic heterocycles. The Morgan fingerprint density at radius 1 is 1.41 bits per heavy atom. The van der Waals surface area contributed by atoms with Crippen molar-refractivity contribution < 1.29 is 0 Å². The molecule has 1 N–H and O–H groups in total. The van der Waals surface area contributed by atoms with Gasteiger partial charge in [0.15, 0.2) is 0 Å². The fraction of sp³-hybridized carbons (Fsp3) is 0.867.